The molecule has 0 aliphatic carbocycles. The molecule has 4 N–H and O–H groups in total. The highest BCUT2D eigenvalue weighted by molar-refractivity contribution is 5.99. The van der Waals surface area contributed by atoms with Crippen LogP contribution in [0.2, 0.25) is 0 Å². The molecule has 1 atom stereocenters. The number of fused-ring (bicyclic) bond motifs is 1. The molecule has 0 saturated carbocycles. The summed E-state index contributed by atoms with van der Waals surface area (Å²) in [4.78, 5) is 39.3. The van der Waals surface area contributed by atoms with Crippen LogP contribution in [0.25, 0.3) is 10.9 Å². The van der Waals surface area contributed by atoms with Crippen molar-refractivity contribution in [3.05, 3.63) is 65.9 Å². The molecule has 0 spiro atoms. The number of aromatic nitrogens is 1. The van der Waals surface area contributed by atoms with Gasteiger partial charge in [-0.3, -0.25) is 9.59 Å². The number of H-pyrrole nitrogens is 1. The fourth-order valence-electron chi connectivity index (χ4n) is 3.11. The van der Waals surface area contributed by atoms with E-state index in [0.29, 0.717) is 12.1 Å². The maximum Gasteiger partial charge on any atom is 0.326 e. The zero-order valence-corrected chi connectivity index (χ0v) is 16.1. The average Bonchev–Trinajstić information content (AvgIpc) is 3.14. The summed E-state index contributed by atoms with van der Waals surface area (Å²) < 4.78 is 0. The number of rotatable bonds is 8. The van der Waals surface area contributed by atoms with Crippen molar-refractivity contribution >= 4 is 34.4 Å². The summed E-state index contributed by atoms with van der Waals surface area (Å²) in [7, 11) is 0. The van der Waals surface area contributed by atoms with Gasteiger partial charge in [-0.2, -0.15) is 0 Å². The van der Waals surface area contributed by atoms with Crippen LogP contribution in [0, 0.1) is 12.3 Å². The molecule has 0 saturated heterocycles. The van der Waals surface area contributed by atoms with Gasteiger partial charge in [-0.15, -0.1) is 12.3 Å². The highest BCUT2D eigenvalue weighted by atomic mass is 16.4. The van der Waals surface area contributed by atoms with E-state index in [-0.39, 0.29) is 24.3 Å². The molecular formula is C23H21N3O4. The topological polar surface area (TPSA) is 111 Å². The normalized spacial score (nSPS) is 11.4. The number of carboxylic acid groups (broad SMARTS) is 1. The van der Waals surface area contributed by atoms with Gasteiger partial charge in [0.25, 0.3) is 5.91 Å². The maximum absolute atomic E-state index is 12.6. The van der Waals surface area contributed by atoms with Crippen LogP contribution in [0.15, 0.2) is 54.7 Å². The van der Waals surface area contributed by atoms with E-state index in [2.05, 4.69) is 21.5 Å². The minimum Gasteiger partial charge on any atom is -0.480 e. The van der Waals surface area contributed by atoms with Crippen molar-refractivity contribution < 1.29 is 19.5 Å². The number of anilines is 1. The second-order valence-electron chi connectivity index (χ2n) is 6.76. The number of aliphatic carboxylic acids is 1. The number of amides is 2. The first-order valence-electron chi connectivity index (χ1n) is 9.40. The predicted octanol–water partition coefficient (Wildman–Crippen LogP) is 2.95. The fourth-order valence-corrected chi connectivity index (χ4v) is 3.11. The lowest BCUT2D eigenvalue weighted by atomic mass is 10.0. The third-order valence-electron chi connectivity index (χ3n) is 4.61. The van der Waals surface area contributed by atoms with Gasteiger partial charge in [-0.1, -0.05) is 24.3 Å². The van der Waals surface area contributed by atoms with Crippen LogP contribution in [-0.2, 0) is 16.0 Å². The van der Waals surface area contributed by atoms with Crippen molar-refractivity contribution in [2.45, 2.75) is 25.3 Å². The zero-order chi connectivity index (χ0) is 21.5. The largest absolute Gasteiger partial charge is 0.480 e. The van der Waals surface area contributed by atoms with Crippen molar-refractivity contribution in [2.75, 3.05) is 5.32 Å². The Kier molecular flexibility index (Phi) is 6.50. The number of carbonyl (C=O) groups excluding carboxylic acids is 2. The minimum absolute atomic E-state index is 0.133. The van der Waals surface area contributed by atoms with Crippen molar-refractivity contribution in [3.8, 4) is 12.3 Å². The minimum atomic E-state index is -1.13. The van der Waals surface area contributed by atoms with Crippen molar-refractivity contribution in [3.63, 3.8) is 0 Å². The van der Waals surface area contributed by atoms with Gasteiger partial charge in [0.05, 0.1) is 0 Å². The summed E-state index contributed by atoms with van der Waals surface area (Å²) in [6, 6.07) is 12.8. The SMILES string of the molecule is C#CCCC(=O)Nc1cccc(C(=O)N[C@@H](Cc2c[nH]c3ccccc23)C(=O)O)c1. The monoisotopic (exact) mass is 403 g/mol. The predicted molar refractivity (Wildman–Crippen MR) is 114 cm³/mol. The van der Waals surface area contributed by atoms with E-state index in [1.54, 1.807) is 24.4 Å². The van der Waals surface area contributed by atoms with Gasteiger partial charge in [0.15, 0.2) is 0 Å². The van der Waals surface area contributed by atoms with Gasteiger partial charge in [0, 0.05) is 47.6 Å². The van der Waals surface area contributed by atoms with Crippen LogP contribution in [-0.4, -0.2) is 33.9 Å². The molecule has 0 fully saturated rings. The first-order chi connectivity index (χ1) is 14.5. The third kappa shape index (κ3) is 5.06. The smallest absolute Gasteiger partial charge is 0.326 e. The highest BCUT2D eigenvalue weighted by Crippen LogP contribution is 2.19. The summed E-state index contributed by atoms with van der Waals surface area (Å²) >= 11 is 0. The number of hydrogen-bond acceptors (Lipinski definition) is 3. The molecule has 0 unspecified atom stereocenters. The number of terminal acetylenes is 1. The van der Waals surface area contributed by atoms with Gasteiger partial charge in [-0.25, -0.2) is 4.79 Å². The quantitative estimate of drug-likeness (QED) is 0.433. The zero-order valence-electron chi connectivity index (χ0n) is 16.1. The van der Waals surface area contributed by atoms with Gasteiger partial charge in [0.1, 0.15) is 6.04 Å². The molecule has 1 heterocycles. The van der Waals surface area contributed by atoms with E-state index in [4.69, 9.17) is 6.42 Å². The number of aromatic amines is 1. The standard InChI is InChI=1S/C23H21N3O4/c1-2-3-11-21(27)25-17-8-6-7-15(12-17)22(28)26-20(23(29)30)13-16-14-24-19-10-5-4-9-18(16)19/h1,4-10,12,14,20,24H,3,11,13H2,(H,25,27)(H,26,28)(H,29,30)/t20-/m0/s1. The molecule has 0 aliphatic heterocycles. The van der Waals surface area contributed by atoms with Crippen LogP contribution in [0.4, 0.5) is 5.69 Å². The van der Waals surface area contributed by atoms with Gasteiger partial charge in [-0.05, 0) is 29.8 Å². The lowest BCUT2D eigenvalue weighted by molar-refractivity contribution is -0.139. The molecular weight excluding hydrogens is 382 g/mol. The van der Waals surface area contributed by atoms with Gasteiger partial charge < -0.3 is 20.7 Å². The van der Waals surface area contributed by atoms with E-state index >= 15 is 0 Å². The number of hydrogen-bond donors (Lipinski definition) is 4. The number of benzene rings is 2. The number of carbonyl (C=O) groups is 3. The van der Waals surface area contributed by atoms with Crippen molar-refractivity contribution in [1.82, 2.24) is 10.3 Å². The van der Waals surface area contributed by atoms with Crippen molar-refractivity contribution in [2.24, 2.45) is 0 Å². The molecule has 152 valence electrons. The lowest BCUT2D eigenvalue weighted by Crippen LogP contribution is -2.42. The molecule has 0 bridgehead atoms. The molecule has 3 rings (SSSR count). The average molecular weight is 403 g/mol. The number of para-hydroxylation sites is 1. The van der Waals surface area contributed by atoms with E-state index in [1.165, 1.54) is 6.07 Å². The third-order valence-corrected chi connectivity index (χ3v) is 4.61. The molecule has 2 aromatic carbocycles. The molecule has 0 aliphatic rings. The number of nitrogens with one attached hydrogen (secondary N) is 3. The van der Waals surface area contributed by atoms with Crippen LogP contribution in [0.5, 0.6) is 0 Å². The molecule has 3 aromatic rings. The molecule has 1 aromatic heterocycles. The van der Waals surface area contributed by atoms with Crippen LogP contribution < -0.4 is 10.6 Å². The van der Waals surface area contributed by atoms with Gasteiger partial charge in [0.2, 0.25) is 5.91 Å². The van der Waals surface area contributed by atoms with Gasteiger partial charge >= 0.3 is 5.97 Å². The molecule has 7 heteroatoms. The highest BCUT2D eigenvalue weighted by Gasteiger charge is 2.22. The molecule has 7 nitrogen and oxygen atoms in total. The summed E-state index contributed by atoms with van der Waals surface area (Å²) in [6.45, 7) is 0. The Morgan fingerprint density at radius 1 is 1.13 bits per heavy atom. The summed E-state index contributed by atoms with van der Waals surface area (Å²) in [5, 5.41) is 15.7. The van der Waals surface area contributed by atoms with E-state index in [0.717, 1.165) is 16.5 Å². The molecule has 30 heavy (non-hydrogen) atoms. The summed E-state index contributed by atoms with van der Waals surface area (Å²) in [5.41, 5.74) is 2.38. The fraction of sp³-hybridized carbons (Fsp3) is 0.174. The molecule has 2 amide bonds. The first-order valence-corrected chi connectivity index (χ1v) is 9.40. The Morgan fingerprint density at radius 2 is 1.93 bits per heavy atom. The number of carboxylic acids is 1. The van der Waals surface area contributed by atoms with E-state index in [1.807, 2.05) is 24.3 Å². The second kappa shape index (κ2) is 9.43. The molecule has 0 radical (unpaired) electrons. The Hall–Kier alpha value is -4.05. The first kappa shape index (κ1) is 20.7. The Labute approximate surface area is 173 Å². The summed E-state index contributed by atoms with van der Waals surface area (Å²) in [6.07, 6.45) is 7.53. The lowest BCUT2D eigenvalue weighted by Gasteiger charge is -2.15. The Morgan fingerprint density at radius 3 is 2.70 bits per heavy atom. The van der Waals surface area contributed by atoms with Crippen LogP contribution >= 0.6 is 0 Å². The van der Waals surface area contributed by atoms with Crippen molar-refractivity contribution in [1.29, 1.82) is 0 Å². The van der Waals surface area contributed by atoms with E-state index in [9.17, 15) is 19.5 Å². The maximum atomic E-state index is 12.6. The van der Waals surface area contributed by atoms with Crippen LogP contribution in [0.3, 0.4) is 0 Å². The Balaban J connectivity index is 1.71. The summed E-state index contributed by atoms with van der Waals surface area (Å²) in [5.74, 6) is 0.464. The Bertz CT molecular complexity index is 1130. The van der Waals surface area contributed by atoms with E-state index < -0.39 is 17.9 Å². The van der Waals surface area contributed by atoms with Crippen LogP contribution in [0.1, 0.15) is 28.8 Å². The second-order valence-corrected chi connectivity index (χ2v) is 6.76.